The highest BCUT2D eigenvalue weighted by molar-refractivity contribution is 7.91. The fourth-order valence-electron chi connectivity index (χ4n) is 6.50. The van der Waals surface area contributed by atoms with E-state index in [1.54, 1.807) is 6.20 Å². The number of carbonyl (C=O) groups is 4. The summed E-state index contributed by atoms with van der Waals surface area (Å²) < 4.78 is 38.5. The largest absolute Gasteiger partial charge is 0.472 e. The zero-order valence-corrected chi connectivity index (χ0v) is 30.1. The number of hydrogen-bond donors (Lipinski definition) is 3. The average Bonchev–Trinajstić information content (AvgIpc) is 3.62. The SMILES string of the molecule is C=CC1C[C@]1(NC(=O)[C@@H]1C[C@@H]2CN1C(=O)[C@H](CCCC)NC(=O)OCCCCCc1ccc3ccnc(c3c1)O2)C(=O)NS(=O)(=O)C(C)(C)C. The van der Waals surface area contributed by atoms with Crippen molar-refractivity contribution < 1.29 is 37.1 Å². The van der Waals surface area contributed by atoms with E-state index in [0.717, 1.165) is 42.0 Å². The third kappa shape index (κ3) is 8.06. The second-order valence-corrected chi connectivity index (χ2v) is 16.9. The van der Waals surface area contributed by atoms with Crippen LogP contribution in [0.2, 0.25) is 0 Å². The van der Waals surface area contributed by atoms with Crippen LogP contribution in [-0.2, 0) is 35.6 Å². The van der Waals surface area contributed by atoms with Gasteiger partial charge in [0.15, 0.2) is 0 Å². The minimum atomic E-state index is -4.08. The predicted molar refractivity (Wildman–Crippen MR) is 188 cm³/mol. The molecule has 2 aromatic rings. The molecule has 1 aromatic carbocycles. The van der Waals surface area contributed by atoms with Crippen molar-refractivity contribution in [1.82, 2.24) is 25.2 Å². The number of benzene rings is 1. The van der Waals surface area contributed by atoms with E-state index in [1.807, 2.05) is 25.1 Å². The molecule has 5 rings (SSSR count). The molecule has 3 heterocycles. The number of nitrogens with one attached hydrogen (secondary N) is 3. The number of hydrogen-bond acceptors (Lipinski definition) is 9. The first kappa shape index (κ1) is 37.1. The van der Waals surface area contributed by atoms with Gasteiger partial charge in [-0.25, -0.2) is 18.2 Å². The highest BCUT2D eigenvalue weighted by atomic mass is 32.2. The number of nitrogens with zero attached hydrogens (tertiary/aromatic N) is 2. The molecule has 1 aliphatic carbocycles. The van der Waals surface area contributed by atoms with Gasteiger partial charge in [-0.2, -0.15) is 0 Å². The number of rotatable bonds is 8. The Morgan fingerprint density at radius 3 is 2.66 bits per heavy atom. The number of carbonyl (C=O) groups excluding carboxylic acids is 4. The fourth-order valence-corrected chi connectivity index (χ4v) is 7.23. The van der Waals surface area contributed by atoms with E-state index in [4.69, 9.17) is 9.47 Å². The maximum atomic E-state index is 14.3. The molecular weight excluding hydrogens is 662 g/mol. The molecule has 3 aliphatic rings. The van der Waals surface area contributed by atoms with Crippen LogP contribution in [0, 0.1) is 5.92 Å². The average molecular weight is 712 g/mol. The Morgan fingerprint density at radius 1 is 1.18 bits per heavy atom. The van der Waals surface area contributed by atoms with Crippen LogP contribution in [0.3, 0.4) is 0 Å². The van der Waals surface area contributed by atoms with Crippen molar-refractivity contribution in [3.05, 3.63) is 48.7 Å². The lowest BCUT2D eigenvalue weighted by atomic mass is 10.0. The second kappa shape index (κ2) is 15.0. The molecule has 4 bridgehead atoms. The number of alkyl carbamates (subject to hydrolysis) is 1. The second-order valence-electron chi connectivity index (χ2n) is 14.5. The maximum absolute atomic E-state index is 14.3. The molecule has 1 saturated heterocycles. The van der Waals surface area contributed by atoms with Crippen LogP contribution in [-0.4, -0.2) is 83.7 Å². The Morgan fingerprint density at radius 2 is 1.96 bits per heavy atom. The number of sulfonamides is 1. The minimum Gasteiger partial charge on any atom is -0.472 e. The standard InChI is InChI=1S/C36H49N5O8S/c1-6-8-13-28-32(43)41-22-26(20-29(41)30(42)39-36(21-25(36)7-2)33(44)40-50(46,47)35(3,4)5)49-31-27-19-23(14-15-24(27)16-17-37-31)12-10-9-11-18-48-34(45)38-28/h7,14-17,19,25-26,28-29H,2,6,8-13,18,20-22H2,1,3-5H3,(H,38,45)(H,39,42)(H,40,44)/t25?,26-,28+,29+,36-/m1/s1. The number of fused-ring (bicyclic) bond motifs is 3. The van der Waals surface area contributed by atoms with Gasteiger partial charge in [0.1, 0.15) is 23.7 Å². The first-order chi connectivity index (χ1) is 23.7. The van der Waals surface area contributed by atoms with E-state index in [-0.39, 0.29) is 26.0 Å². The summed E-state index contributed by atoms with van der Waals surface area (Å²) in [4.78, 5) is 60.7. The van der Waals surface area contributed by atoms with Crippen molar-refractivity contribution in [3.8, 4) is 5.88 Å². The molecule has 1 saturated carbocycles. The van der Waals surface area contributed by atoms with Crippen molar-refractivity contribution in [2.45, 2.75) is 114 Å². The van der Waals surface area contributed by atoms with E-state index in [2.05, 4.69) is 33.0 Å². The molecule has 272 valence electrons. The van der Waals surface area contributed by atoms with E-state index in [0.29, 0.717) is 25.1 Å². The number of pyridine rings is 1. The first-order valence-electron chi connectivity index (χ1n) is 17.5. The van der Waals surface area contributed by atoms with Crippen LogP contribution < -0.4 is 20.1 Å². The molecule has 4 amide bonds. The lowest BCUT2D eigenvalue weighted by Gasteiger charge is -2.30. The molecule has 0 spiro atoms. The van der Waals surface area contributed by atoms with Gasteiger partial charge in [0.2, 0.25) is 27.7 Å². The van der Waals surface area contributed by atoms with E-state index in [1.165, 1.54) is 31.7 Å². The van der Waals surface area contributed by atoms with Gasteiger partial charge in [-0.05, 0) is 82.4 Å². The quantitative estimate of drug-likeness (QED) is 0.344. The lowest BCUT2D eigenvalue weighted by molar-refractivity contribution is -0.141. The van der Waals surface area contributed by atoms with Crippen molar-refractivity contribution >= 4 is 44.6 Å². The summed E-state index contributed by atoms with van der Waals surface area (Å²) in [6, 6.07) is 5.95. The van der Waals surface area contributed by atoms with Crippen LogP contribution in [0.15, 0.2) is 43.1 Å². The van der Waals surface area contributed by atoms with Crippen molar-refractivity contribution in [3.63, 3.8) is 0 Å². The minimum absolute atomic E-state index is 0.0104. The Kier molecular flexibility index (Phi) is 11.1. The van der Waals surface area contributed by atoms with Crippen LogP contribution in [0.1, 0.15) is 84.6 Å². The third-order valence-corrected chi connectivity index (χ3v) is 11.9. The van der Waals surface area contributed by atoms with E-state index < -0.39 is 68.2 Å². The molecule has 0 radical (unpaired) electrons. The Hall–Kier alpha value is -4.20. The molecule has 2 fully saturated rings. The van der Waals surface area contributed by atoms with E-state index in [9.17, 15) is 27.6 Å². The maximum Gasteiger partial charge on any atom is 0.407 e. The van der Waals surface area contributed by atoms with Crippen LogP contribution in [0.5, 0.6) is 5.88 Å². The van der Waals surface area contributed by atoms with Gasteiger partial charge in [0, 0.05) is 23.9 Å². The van der Waals surface area contributed by atoms with Gasteiger partial charge in [-0.3, -0.25) is 19.1 Å². The molecule has 14 heteroatoms. The van der Waals surface area contributed by atoms with Gasteiger partial charge in [-0.15, -0.1) is 6.58 Å². The summed E-state index contributed by atoms with van der Waals surface area (Å²) in [5.74, 6) is -2.14. The van der Waals surface area contributed by atoms with Gasteiger partial charge in [-0.1, -0.05) is 38.0 Å². The Balaban J connectivity index is 1.47. The van der Waals surface area contributed by atoms with E-state index >= 15 is 0 Å². The highest BCUT2D eigenvalue weighted by Crippen LogP contribution is 2.45. The number of unbranched alkanes of at least 4 members (excludes halogenated alkanes) is 1. The number of aromatic nitrogens is 1. The molecule has 3 N–H and O–H groups in total. The van der Waals surface area contributed by atoms with Gasteiger partial charge < -0.3 is 25.0 Å². The summed E-state index contributed by atoms with van der Waals surface area (Å²) in [5.41, 5.74) is -0.457. The van der Waals surface area contributed by atoms with Crippen LogP contribution in [0.4, 0.5) is 4.79 Å². The monoisotopic (exact) mass is 711 g/mol. The lowest BCUT2D eigenvalue weighted by Crippen LogP contribution is -2.59. The van der Waals surface area contributed by atoms with Crippen molar-refractivity contribution in [2.75, 3.05) is 13.2 Å². The molecule has 1 unspecified atom stereocenters. The summed E-state index contributed by atoms with van der Waals surface area (Å²) >= 11 is 0. The van der Waals surface area contributed by atoms with Crippen LogP contribution in [0.25, 0.3) is 10.8 Å². The zero-order valence-electron chi connectivity index (χ0n) is 29.3. The molecular formula is C36H49N5O8S. The molecule has 5 atom stereocenters. The molecule has 13 nitrogen and oxygen atoms in total. The van der Waals surface area contributed by atoms with Crippen molar-refractivity contribution in [2.24, 2.45) is 5.92 Å². The normalized spacial score (nSPS) is 26.2. The van der Waals surface area contributed by atoms with Crippen molar-refractivity contribution in [1.29, 1.82) is 0 Å². The summed E-state index contributed by atoms with van der Waals surface area (Å²) in [6.45, 7) is 10.3. The first-order valence-corrected chi connectivity index (χ1v) is 19.0. The number of ether oxygens (including phenoxy) is 2. The number of aryl methyl sites for hydroxylation is 1. The Labute approximate surface area is 294 Å². The predicted octanol–water partition coefficient (Wildman–Crippen LogP) is 3.90. The molecule has 50 heavy (non-hydrogen) atoms. The highest BCUT2D eigenvalue weighted by Gasteiger charge is 2.62. The van der Waals surface area contributed by atoms with Gasteiger partial charge in [0.25, 0.3) is 5.91 Å². The molecule has 1 aromatic heterocycles. The summed E-state index contributed by atoms with van der Waals surface area (Å²) in [7, 11) is -4.08. The number of cyclic esters (lactones) is 1. The summed E-state index contributed by atoms with van der Waals surface area (Å²) in [5, 5.41) is 7.27. The topological polar surface area (TPSA) is 173 Å². The fraction of sp³-hybridized carbons (Fsp3) is 0.583. The van der Waals surface area contributed by atoms with Gasteiger partial charge >= 0.3 is 6.09 Å². The van der Waals surface area contributed by atoms with Crippen LogP contribution >= 0.6 is 0 Å². The Bertz CT molecular complexity index is 1740. The summed E-state index contributed by atoms with van der Waals surface area (Å²) in [6.07, 6.45) is 6.95. The smallest absolute Gasteiger partial charge is 0.407 e. The third-order valence-electron chi connectivity index (χ3n) is 9.78. The molecule has 2 aliphatic heterocycles. The number of amides is 4. The van der Waals surface area contributed by atoms with Gasteiger partial charge in [0.05, 0.1) is 17.9 Å². The zero-order chi connectivity index (χ0) is 36.3.